The van der Waals surface area contributed by atoms with E-state index in [9.17, 15) is 24.3 Å². The van der Waals surface area contributed by atoms with Crippen LogP contribution in [-0.4, -0.2) is 102 Å². The van der Waals surface area contributed by atoms with Crippen molar-refractivity contribution in [2.75, 3.05) is 51.2 Å². The lowest BCUT2D eigenvalue weighted by atomic mass is 10.1. The third-order valence-electron chi connectivity index (χ3n) is 7.66. The van der Waals surface area contributed by atoms with Gasteiger partial charge in [-0.05, 0) is 84.9 Å². The molecule has 4 aromatic rings. The van der Waals surface area contributed by atoms with Crippen molar-refractivity contribution in [3.63, 3.8) is 0 Å². The Morgan fingerprint density at radius 2 is 1.76 bits per heavy atom. The van der Waals surface area contributed by atoms with Crippen molar-refractivity contribution in [2.45, 2.75) is 54.6 Å². The van der Waals surface area contributed by atoms with Crippen LogP contribution in [0.5, 0.6) is 11.5 Å². The smallest absolute Gasteiger partial charge is 0.276 e. The molecule has 0 saturated heterocycles. The van der Waals surface area contributed by atoms with Gasteiger partial charge in [0.25, 0.3) is 5.91 Å². The van der Waals surface area contributed by atoms with E-state index in [1.54, 1.807) is 53.2 Å². The minimum atomic E-state index is -0.703. The van der Waals surface area contributed by atoms with E-state index in [2.05, 4.69) is 43.2 Å². The summed E-state index contributed by atoms with van der Waals surface area (Å²) in [7, 11) is 4.73. The summed E-state index contributed by atoms with van der Waals surface area (Å²) in [6, 6.07) is 7.70. The fourth-order valence-electron chi connectivity index (χ4n) is 5.39. The third kappa shape index (κ3) is 13.5. The molecule has 2 amide bonds. The maximum Gasteiger partial charge on any atom is 0.276 e. The second-order valence-electron chi connectivity index (χ2n) is 11.7. The standard InChI is InChI=1S/C30H37N9O5.C7H10N2O.C2H6.CH5N/c1-6-35-23(11-18(2)31)29(43)37-30-36-22-12-19(16-40)13-25(44-5)27(22)39(30)10-8-7-9-38(17-33-3)26-21(34-4)14-20(28(32)42)15-24(26)41;1-3-9-7(5-10)4-6(2)8-9;2*1-2/h7-8,11-16,33,41H,4,6,9-10,17,31H2,1-3,5H3,(H2,32,42)(H,36,37,43);4-5H,3H2,1-2H3;1-2H3;2H2,1H3/b8-7+,18-11-,35-23?;;;. The summed E-state index contributed by atoms with van der Waals surface area (Å²) in [6.45, 7) is 16.8. The van der Waals surface area contributed by atoms with Gasteiger partial charge in [0, 0.05) is 43.0 Å². The number of primary amides is 1. The van der Waals surface area contributed by atoms with Crippen LogP contribution in [0.2, 0.25) is 0 Å². The molecule has 2 heterocycles. The number of carbonyl (C=O) groups is 4. The monoisotopic (exact) mass is 802 g/mol. The van der Waals surface area contributed by atoms with Crippen LogP contribution in [0, 0.1) is 6.92 Å². The lowest BCUT2D eigenvalue weighted by molar-refractivity contribution is -0.110. The summed E-state index contributed by atoms with van der Waals surface area (Å²) in [4.78, 5) is 61.3. The van der Waals surface area contributed by atoms with Crippen LogP contribution < -0.4 is 37.5 Å². The molecule has 58 heavy (non-hydrogen) atoms. The number of ether oxygens (including phenoxy) is 1. The van der Waals surface area contributed by atoms with E-state index in [1.807, 2.05) is 39.8 Å². The van der Waals surface area contributed by atoms with Crippen LogP contribution in [0.1, 0.15) is 71.5 Å². The lowest BCUT2D eigenvalue weighted by Crippen LogP contribution is -2.32. The van der Waals surface area contributed by atoms with Crippen LogP contribution in [0.15, 0.2) is 64.2 Å². The molecule has 0 radical (unpaired) electrons. The van der Waals surface area contributed by atoms with Crippen molar-refractivity contribution >= 4 is 65.2 Å². The van der Waals surface area contributed by atoms with Gasteiger partial charge < -0.3 is 41.8 Å². The number of nitrogens with two attached hydrogens (primary N) is 3. The number of rotatable bonds is 17. The van der Waals surface area contributed by atoms with Gasteiger partial charge in [-0.25, -0.2) is 4.98 Å². The van der Waals surface area contributed by atoms with Gasteiger partial charge in [0.15, 0.2) is 6.29 Å². The van der Waals surface area contributed by atoms with Crippen molar-refractivity contribution in [1.29, 1.82) is 0 Å². The van der Waals surface area contributed by atoms with Gasteiger partial charge >= 0.3 is 0 Å². The van der Waals surface area contributed by atoms with E-state index >= 15 is 0 Å². The normalized spacial score (nSPS) is 11.0. The highest BCUT2D eigenvalue weighted by molar-refractivity contribution is 6.47. The van der Waals surface area contributed by atoms with Gasteiger partial charge in [-0.15, -0.1) is 0 Å². The van der Waals surface area contributed by atoms with E-state index < -0.39 is 11.8 Å². The number of methoxy groups -OCH3 is 1. The Kier molecular flexibility index (Phi) is 21.7. The number of hydrogen-bond acceptors (Lipinski definition) is 14. The summed E-state index contributed by atoms with van der Waals surface area (Å²) in [5.41, 5.74) is 19.9. The molecule has 18 nitrogen and oxygen atoms in total. The van der Waals surface area contributed by atoms with Gasteiger partial charge in [-0.2, -0.15) is 5.10 Å². The van der Waals surface area contributed by atoms with Crippen molar-refractivity contribution in [3.05, 3.63) is 76.8 Å². The highest BCUT2D eigenvalue weighted by Crippen LogP contribution is 2.38. The first-order valence-electron chi connectivity index (χ1n) is 18.4. The molecule has 0 fully saturated rings. The predicted octanol–water partition coefficient (Wildman–Crippen LogP) is 4.12. The first-order chi connectivity index (χ1) is 27.8. The summed E-state index contributed by atoms with van der Waals surface area (Å²) >= 11 is 0. The maximum absolute atomic E-state index is 13.2. The number of nitrogens with zero attached hydrogens (tertiary/aromatic N) is 7. The fraction of sp³-hybridized carbons (Fsp3) is 0.350. The minimum absolute atomic E-state index is 0.103. The second-order valence-corrected chi connectivity index (χ2v) is 11.7. The summed E-state index contributed by atoms with van der Waals surface area (Å²) < 4.78 is 8.98. The largest absolute Gasteiger partial charge is 0.506 e. The van der Waals surface area contributed by atoms with Crippen LogP contribution in [0.4, 0.5) is 17.3 Å². The van der Waals surface area contributed by atoms with Gasteiger partial charge in [0.05, 0.1) is 30.7 Å². The van der Waals surface area contributed by atoms with Gasteiger partial charge in [-0.3, -0.25) is 39.2 Å². The molecule has 0 unspecified atom stereocenters. The highest BCUT2D eigenvalue weighted by Gasteiger charge is 2.20. The highest BCUT2D eigenvalue weighted by atomic mass is 16.5. The second kappa shape index (κ2) is 25.5. The molecule has 4 rings (SSSR count). The number of phenols is 1. The number of anilines is 2. The van der Waals surface area contributed by atoms with Crippen LogP contribution in [0.3, 0.4) is 0 Å². The molecule has 0 bridgehead atoms. The number of benzene rings is 2. The Balaban J connectivity index is 0.00000102. The zero-order valence-corrected chi connectivity index (χ0v) is 34.9. The molecule has 2 aromatic heterocycles. The van der Waals surface area contributed by atoms with Gasteiger partial charge in [0.2, 0.25) is 11.9 Å². The third-order valence-corrected chi connectivity index (χ3v) is 7.66. The van der Waals surface area contributed by atoms with E-state index in [1.165, 1.54) is 32.4 Å². The molecule has 2 aromatic carbocycles. The van der Waals surface area contributed by atoms with Crippen molar-refractivity contribution < 1.29 is 29.0 Å². The molecule has 9 N–H and O–H groups in total. The molecule has 0 aliphatic carbocycles. The summed E-state index contributed by atoms with van der Waals surface area (Å²) in [6.07, 6.45) is 6.68. The Morgan fingerprint density at radius 3 is 2.28 bits per heavy atom. The van der Waals surface area contributed by atoms with Crippen LogP contribution >= 0.6 is 0 Å². The number of amides is 2. The average Bonchev–Trinajstić information content (AvgIpc) is 3.77. The Morgan fingerprint density at radius 1 is 1.07 bits per heavy atom. The number of aromatic nitrogens is 4. The van der Waals surface area contributed by atoms with Crippen LogP contribution in [0.25, 0.3) is 11.0 Å². The summed E-state index contributed by atoms with van der Waals surface area (Å²) in [5, 5.41) is 20.7. The van der Waals surface area contributed by atoms with Gasteiger partial charge in [-0.1, -0.05) is 26.0 Å². The van der Waals surface area contributed by atoms with E-state index in [0.29, 0.717) is 65.5 Å². The maximum atomic E-state index is 13.2. The quantitative estimate of drug-likeness (QED) is 0.0381. The number of phenolic OH excluding ortho intramolecular Hbond substituents is 1. The lowest BCUT2D eigenvalue weighted by Gasteiger charge is -2.25. The fourth-order valence-corrected chi connectivity index (χ4v) is 5.39. The average molecular weight is 803 g/mol. The molecule has 0 spiro atoms. The van der Waals surface area contributed by atoms with Crippen molar-refractivity contribution in [3.8, 4) is 11.5 Å². The van der Waals surface area contributed by atoms with Crippen molar-refractivity contribution in [1.82, 2.24) is 24.6 Å². The van der Waals surface area contributed by atoms with Crippen molar-refractivity contribution in [2.24, 2.45) is 27.2 Å². The van der Waals surface area contributed by atoms with Crippen LogP contribution in [-0.2, 0) is 17.9 Å². The number of aryl methyl sites for hydroxylation is 2. The summed E-state index contributed by atoms with van der Waals surface area (Å²) in [5.74, 6) is -0.798. The molecule has 0 saturated carbocycles. The topological polar surface area (TPSA) is 263 Å². The Hall–Kier alpha value is -6.66. The Labute approximate surface area is 339 Å². The molecular weight excluding hydrogens is 745 g/mol. The molecule has 0 atom stereocenters. The number of aliphatic imine (C=N–C) groups is 2. The number of allylic oxidation sites excluding steroid dienone is 2. The zero-order chi connectivity index (χ0) is 43.9. The van der Waals surface area contributed by atoms with E-state index in [0.717, 1.165) is 18.5 Å². The molecular formula is C40H58N12O6. The minimum Gasteiger partial charge on any atom is -0.506 e. The van der Waals surface area contributed by atoms with Gasteiger partial charge in [0.1, 0.15) is 40.4 Å². The van der Waals surface area contributed by atoms with E-state index in [-0.39, 0.29) is 35.2 Å². The number of aldehydes is 2. The first-order valence-corrected chi connectivity index (χ1v) is 18.4. The number of nitrogens with one attached hydrogen (secondary N) is 2. The number of hydrogen-bond donors (Lipinski definition) is 6. The SMILES string of the molecule is C=Nc1cc(C(N)=O)cc(O)c1N(C/C=C/Cn1c(NC(=O)C(/C=C(/C)N)=NCC)nc2cc(C=O)cc(OC)c21)CNC.CC.CCn1nc(C)cc1C=O.CN. The number of carbonyl (C=O) groups excluding carboxylic acids is 4. The van der Waals surface area contributed by atoms with E-state index in [4.69, 9.17) is 16.2 Å². The zero-order valence-electron chi connectivity index (χ0n) is 34.9. The molecule has 18 heteroatoms. The predicted molar refractivity (Wildman–Crippen MR) is 232 cm³/mol. The number of imidazole rings is 1. The number of aromatic hydroxyl groups is 1. The molecule has 0 aliphatic rings. The Bertz CT molecular complexity index is 2090. The molecule has 0 aliphatic heterocycles. The number of fused-ring (bicyclic) bond motifs is 1. The molecule has 314 valence electrons. The first kappa shape index (κ1) is 49.4.